The summed E-state index contributed by atoms with van der Waals surface area (Å²) in [4.78, 5) is 10.8. The minimum atomic E-state index is -0.138. The average Bonchev–Trinajstić information content (AvgIpc) is 2.84. The van der Waals surface area contributed by atoms with Crippen LogP contribution >= 0.6 is 0 Å². The molecule has 1 aliphatic rings. The van der Waals surface area contributed by atoms with Gasteiger partial charge in [0.2, 0.25) is 0 Å². The first-order valence-corrected chi connectivity index (χ1v) is 4.89. The number of carbonyl (C=O) groups excluding carboxylic acids is 1. The topological polar surface area (TPSA) is 38.3 Å². The number of carbonyl (C=O) groups is 1. The predicted molar refractivity (Wildman–Crippen MR) is 51.4 cm³/mol. The molecule has 13 heavy (non-hydrogen) atoms. The molecule has 0 amide bonds. The molecule has 0 radical (unpaired) electrons. The quantitative estimate of drug-likeness (QED) is 0.657. The Morgan fingerprint density at radius 3 is 2.69 bits per heavy atom. The summed E-state index contributed by atoms with van der Waals surface area (Å²) in [7, 11) is 1.42. The van der Waals surface area contributed by atoms with Crippen LogP contribution in [0.15, 0.2) is 0 Å². The fourth-order valence-corrected chi connectivity index (χ4v) is 1.37. The third-order valence-electron chi connectivity index (χ3n) is 3.09. The van der Waals surface area contributed by atoms with Crippen LogP contribution in [0.3, 0.4) is 0 Å². The molecule has 1 aliphatic carbocycles. The predicted octanol–water partition coefficient (Wildman–Crippen LogP) is 1.33. The molecule has 0 heterocycles. The maximum atomic E-state index is 10.8. The van der Waals surface area contributed by atoms with E-state index in [0.717, 1.165) is 6.54 Å². The molecular formula is C10H19NO2. The molecule has 0 aromatic carbocycles. The molecule has 1 unspecified atom stereocenters. The van der Waals surface area contributed by atoms with Crippen molar-refractivity contribution in [1.29, 1.82) is 0 Å². The van der Waals surface area contributed by atoms with Crippen molar-refractivity contribution in [2.45, 2.75) is 39.2 Å². The van der Waals surface area contributed by atoms with Crippen LogP contribution in [0.4, 0.5) is 0 Å². The van der Waals surface area contributed by atoms with Gasteiger partial charge in [0.25, 0.3) is 0 Å². The van der Waals surface area contributed by atoms with E-state index in [1.54, 1.807) is 0 Å². The highest BCUT2D eigenvalue weighted by Gasteiger charge is 2.41. The maximum absolute atomic E-state index is 10.8. The van der Waals surface area contributed by atoms with Gasteiger partial charge in [-0.25, -0.2) is 0 Å². The molecule has 0 bridgehead atoms. The third kappa shape index (κ3) is 2.99. The SMILES string of the molecule is COC(=O)CCNC(C)C1(C)CC1. The van der Waals surface area contributed by atoms with Gasteiger partial charge in [-0.2, -0.15) is 0 Å². The molecule has 3 heteroatoms. The Kier molecular flexibility index (Phi) is 3.31. The summed E-state index contributed by atoms with van der Waals surface area (Å²) in [6, 6.07) is 0.511. The van der Waals surface area contributed by atoms with Gasteiger partial charge < -0.3 is 10.1 Å². The van der Waals surface area contributed by atoms with Crippen molar-refractivity contribution in [3.63, 3.8) is 0 Å². The van der Waals surface area contributed by atoms with E-state index in [2.05, 4.69) is 23.9 Å². The molecule has 76 valence electrons. The van der Waals surface area contributed by atoms with Crippen LogP contribution in [0, 0.1) is 5.41 Å². The summed E-state index contributed by atoms with van der Waals surface area (Å²) in [6.45, 7) is 5.19. The van der Waals surface area contributed by atoms with Gasteiger partial charge in [-0.05, 0) is 25.2 Å². The van der Waals surface area contributed by atoms with Crippen molar-refractivity contribution < 1.29 is 9.53 Å². The lowest BCUT2D eigenvalue weighted by Crippen LogP contribution is -2.34. The van der Waals surface area contributed by atoms with Gasteiger partial charge >= 0.3 is 5.97 Å². The Balaban J connectivity index is 2.09. The number of hydrogen-bond donors (Lipinski definition) is 1. The Bertz CT molecular complexity index is 187. The number of ether oxygens (including phenoxy) is 1. The van der Waals surface area contributed by atoms with Gasteiger partial charge in [-0.3, -0.25) is 4.79 Å². The number of esters is 1. The van der Waals surface area contributed by atoms with Gasteiger partial charge in [0, 0.05) is 12.6 Å². The minimum absolute atomic E-state index is 0.138. The molecule has 3 nitrogen and oxygen atoms in total. The number of methoxy groups -OCH3 is 1. The zero-order valence-corrected chi connectivity index (χ0v) is 8.72. The van der Waals surface area contributed by atoms with Gasteiger partial charge in [0.1, 0.15) is 0 Å². The van der Waals surface area contributed by atoms with E-state index in [1.165, 1.54) is 20.0 Å². The van der Waals surface area contributed by atoms with E-state index >= 15 is 0 Å². The van der Waals surface area contributed by atoms with Crippen molar-refractivity contribution in [2.75, 3.05) is 13.7 Å². The number of hydrogen-bond acceptors (Lipinski definition) is 3. The van der Waals surface area contributed by atoms with E-state index in [-0.39, 0.29) is 5.97 Å². The Morgan fingerprint density at radius 2 is 2.23 bits per heavy atom. The molecule has 0 saturated heterocycles. The van der Waals surface area contributed by atoms with Crippen LogP contribution in [0.1, 0.15) is 33.1 Å². The fourth-order valence-electron chi connectivity index (χ4n) is 1.37. The van der Waals surface area contributed by atoms with E-state index in [1.807, 2.05) is 0 Å². The summed E-state index contributed by atoms with van der Waals surface area (Å²) in [6.07, 6.45) is 3.08. The lowest BCUT2D eigenvalue weighted by molar-refractivity contribution is -0.140. The van der Waals surface area contributed by atoms with E-state index in [4.69, 9.17) is 0 Å². The third-order valence-corrected chi connectivity index (χ3v) is 3.09. The standard InChI is InChI=1S/C10H19NO2/c1-8(10(2)5-6-10)11-7-4-9(12)13-3/h8,11H,4-7H2,1-3H3. The highest BCUT2D eigenvalue weighted by atomic mass is 16.5. The second-order valence-electron chi connectivity index (χ2n) is 4.16. The second-order valence-corrected chi connectivity index (χ2v) is 4.16. The van der Waals surface area contributed by atoms with Crippen LogP contribution < -0.4 is 5.32 Å². The van der Waals surface area contributed by atoms with Gasteiger partial charge in [-0.15, -0.1) is 0 Å². The lowest BCUT2D eigenvalue weighted by atomic mass is 10.0. The Labute approximate surface area is 79.8 Å². The lowest BCUT2D eigenvalue weighted by Gasteiger charge is -2.19. The van der Waals surface area contributed by atoms with Gasteiger partial charge in [0.15, 0.2) is 0 Å². The van der Waals surface area contributed by atoms with Crippen LogP contribution in [0.5, 0.6) is 0 Å². The zero-order chi connectivity index (χ0) is 9.90. The maximum Gasteiger partial charge on any atom is 0.306 e. The zero-order valence-electron chi connectivity index (χ0n) is 8.72. The smallest absolute Gasteiger partial charge is 0.306 e. The van der Waals surface area contributed by atoms with Crippen LogP contribution in [0.25, 0.3) is 0 Å². The van der Waals surface area contributed by atoms with Gasteiger partial charge in [0.05, 0.1) is 13.5 Å². The summed E-state index contributed by atoms with van der Waals surface area (Å²) in [5, 5.41) is 3.35. The van der Waals surface area contributed by atoms with Crippen molar-refractivity contribution in [3.05, 3.63) is 0 Å². The molecule has 1 rings (SSSR count). The molecule has 0 aromatic heterocycles. The van der Waals surface area contributed by atoms with Crippen molar-refractivity contribution in [2.24, 2.45) is 5.41 Å². The molecular weight excluding hydrogens is 166 g/mol. The number of rotatable bonds is 5. The summed E-state index contributed by atoms with van der Waals surface area (Å²) < 4.78 is 4.55. The molecule has 1 atom stereocenters. The fraction of sp³-hybridized carbons (Fsp3) is 0.900. The molecule has 0 spiro atoms. The summed E-state index contributed by atoms with van der Waals surface area (Å²) >= 11 is 0. The summed E-state index contributed by atoms with van der Waals surface area (Å²) in [5.41, 5.74) is 0.482. The Hall–Kier alpha value is -0.570. The molecule has 1 saturated carbocycles. The highest BCUT2D eigenvalue weighted by Crippen LogP contribution is 2.47. The molecule has 1 N–H and O–H groups in total. The van der Waals surface area contributed by atoms with Crippen molar-refractivity contribution in [1.82, 2.24) is 5.32 Å². The van der Waals surface area contributed by atoms with Crippen LogP contribution in [0.2, 0.25) is 0 Å². The Morgan fingerprint density at radius 1 is 1.62 bits per heavy atom. The second kappa shape index (κ2) is 4.09. The largest absolute Gasteiger partial charge is 0.469 e. The molecule has 1 fully saturated rings. The molecule has 0 aliphatic heterocycles. The van der Waals surface area contributed by atoms with Gasteiger partial charge in [-0.1, -0.05) is 6.92 Å². The van der Waals surface area contributed by atoms with Crippen molar-refractivity contribution >= 4 is 5.97 Å². The highest BCUT2D eigenvalue weighted by molar-refractivity contribution is 5.69. The van der Waals surface area contributed by atoms with Crippen molar-refractivity contribution in [3.8, 4) is 0 Å². The van der Waals surface area contributed by atoms with E-state index in [0.29, 0.717) is 17.9 Å². The van der Waals surface area contributed by atoms with Crippen LogP contribution in [-0.4, -0.2) is 25.7 Å². The summed E-state index contributed by atoms with van der Waals surface area (Å²) in [5.74, 6) is -0.138. The number of nitrogens with one attached hydrogen (secondary N) is 1. The van der Waals surface area contributed by atoms with E-state index < -0.39 is 0 Å². The average molecular weight is 185 g/mol. The van der Waals surface area contributed by atoms with Crippen LogP contribution in [-0.2, 0) is 9.53 Å². The monoisotopic (exact) mass is 185 g/mol. The minimum Gasteiger partial charge on any atom is -0.469 e. The normalized spacial score (nSPS) is 20.8. The van der Waals surface area contributed by atoms with E-state index in [9.17, 15) is 4.79 Å². The first-order chi connectivity index (χ1) is 6.08. The first-order valence-electron chi connectivity index (χ1n) is 4.89. The molecule has 0 aromatic rings. The first kappa shape index (κ1) is 10.5.